The first-order chi connectivity index (χ1) is 8.89. The minimum absolute atomic E-state index is 0.0102. The van der Waals surface area contributed by atoms with E-state index in [0.717, 1.165) is 6.07 Å². The molecule has 8 heteroatoms. The SMILES string of the molecule is Cc1nonc1CNc1c(Cl)cccc1C(F)(F)F. The summed E-state index contributed by atoms with van der Waals surface area (Å²) in [7, 11) is 0. The molecule has 1 aromatic heterocycles. The molecular weight excluding hydrogens is 283 g/mol. The zero-order valence-corrected chi connectivity index (χ0v) is 10.5. The van der Waals surface area contributed by atoms with Crippen LogP contribution in [-0.2, 0) is 12.7 Å². The second-order valence-corrected chi connectivity index (χ2v) is 4.22. The van der Waals surface area contributed by atoms with Crippen LogP contribution in [0.2, 0.25) is 5.02 Å². The first-order valence-corrected chi connectivity index (χ1v) is 5.65. The number of para-hydroxylation sites is 1. The number of rotatable bonds is 3. The van der Waals surface area contributed by atoms with Crippen LogP contribution in [0.3, 0.4) is 0 Å². The highest BCUT2D eigenvalue weighted by Gasteiger charge is 2.34. The van der Waals surface area contributed by atoms with E-state index in [0.29, 0.717) is 11.4 Å². The zero-order chi connectivity index (χ0) is 14.0. The summed E-state index contributed by atoms with van der Waals surface area (Å²) in [5.74, 6) is 0. The second kappa shape index (κ2) is 5.08. The molecule has 0 amide bonds. The van der Waals surface area contributed by atoms with Crippen LogP contribution in [0.4, 0.5) is 18.9 Å². The first-order valence-electron chi connectivity index (χ1n) is 5.27. The van der Waals surface area contributed by atoms with E-state index in [1.807, 2.05) is 0 Å². The number of hydrogen-bond acceptors (Lipinski definition) is 4. The van der Waals surface area contributed by atoms with Gasteiger partial charge in [-0.2, -0.15) is 13.2 Å². The molecule has 0 aliphatic rings. The maximum absolute atomic E-state index is 12.8. The van der Waals surface area contributed by atoms with Gasteiger partial charge in [0.15, 0.2) is 0 Å². The summed E-state index contributed by atoms with van der Waals surface area (Å²) >= 11 is 5.79. The second-order valence-electron chi connectivity index (χ2n) is 3.81. The molecule has 4 nitrogen and oxygen atoms in total. The maximum atomic E-state index is 12.8. The summed E-state index contributed by atoms with van der Waals surface area (Å²) in [6.07, 6.45) is -4.48. The molecule has 102 valence electrons. The Hall–Kier alpha value is -1.76. The smallest absolute Gasteiger partial charge is 0.377 e. The van der Waals surface area contributed by atoms with Gasteiger partial charge in [-0.25, -0.2) is 4.63 Å². The molecule has 0 spiro atoms. The molecule has 0 atom stereocenters. The Morgan fingerprint density at radius 2 is 2.05 bits per heavy atom. The Labute approximate surface area is 111 Å². The molecule has 0 aliphatic heterocycles. The molecule has 1 aromatic carbocycles. The molecule has 0 aliphatic carbocycles. The Bertz CT molecular complexity index is 583. The van der Waals surface area contributed by atoms with Crippen molar-refractivity contribution in [3.63, 3.8) is 0 Å². The van der Waals surface area contributed by atoms with Crippen LogP contribution in [0.1, 0.15) is 17.0 Å². The van der Waals surface area contributed by atoms with Crippen LogP contribution in [0.25, 0.3) is 0 Å². The lowest BCUT2D eigenvalue weighted by molar-refractivity contribution is -0.136. The van der Waals surface area contributed by atoms with Crippen LogP contribution in [0.5, 0.6) is 0 Å². The predicted molar refractivity (Wildman–Crippen MR) is 62.8 cm³/mol. The summed E-state index contributed by atoms with van der Waals surface area (Å²) in [5.41, 5.74) is -0.0747. The van der Waals surface area contributed by atoms with Crippen molar-refractivity contribution in [2.45, 2.75) is 19.6 Å². The van der Waals surface area contributed by atoms with Gasteiger partial charge >= 0.3 is 6.18 Å². The first kappa shape index (κ1) is 13.7. The lowest BCUT2D eigenvalue weighted by Crippen LogP contribution is -2.11. The van der Waals surface area contributed by atoms with E-state index in [9.17, 15) is 13.2 Å². The van der Waals surface area contributed by atoms with Crippen molar-refractivity contribution < 1.29 is 17.8 Å². The molecule has 0 saturated carbocycles. The fraction of sp³-hybridized carbons (Fsp3) is 0.273. The number of aromatic nitrogens is 2. The highest BCUT2D eigenvalue weighted by Crippen LogP contribution is 2.38. The maximum Gasteiger partial charge on any atom is 0.418 e. The largest absolute Gasteiger partial charge is 0.418 e. The topological polar surface area (TPSA) is 51.0 Å². The third-order valence-corrected chi connectivity index (χ3v) is 2.81. The van der Waals surface area contributed by atoms with Crippen LogP contribution in [0, 0.1) is 6.92 Å². The van der Waals surface area contributed by atoms with E-state index in [2.05, 4.69) is 20.3 Å². The van der Waals surface area contributed by atoms with Crippen LogP contribution < -0.4 is 5.32 Å². The molecule has 0 unspecified atom stereocenters. The summed E-state index contributed by atoms with van der Waals surface area (Å²) in [6, 6.07) is 3.59. The zero-order valence-electron chi connectivity index (χ0n) is 9.75. The minimum atomic E-state index is -4.48. The Kier molecular flexibility index (Phi) is 3.66. The molecule has 1 N–H and O–H groups in total. The van der Waals surface area contributed by atoms with Crippen molar-refractivity contribution in [2.75, 3.05) is 5.32 Å². The normalized spacial score (nSPS) is 11.6. The number of nitrogens with one attached hydrogen (secondary N) is 1. The monoisotopic (exact) mass is 291 g/mol. The van der Waals surface area contributed by atoms with E-state index in [-0.39, 0.29) is 17.3 Å². The molecule has 2 aromatic rings. The summed E-state index contributed by atoms with van der Waals surface area (Å²) in [6.45, 7) is 1.69. The van der Waals surface area contributed by atoms with Gasteiger partial charge in [0.2, 0.25) is 0 Å². The lowest BCUT2D eigenvalue weighted by Gasteiger charge is -2.15. The van der Waals surface area contributed by atoms with Crippen molar-refractivity contribution in [3.05, 3.63) is 40.2 Å². The average molecular weight is 292 g/mol. The number of aryl methyl sites for hydroxylation is 1. The molecule has 0 bridgehead atoms. The average Bonchev–Trinajstić information content (AvgIpc) is 2.72. The fourth-order valence-electron chi connectivity index (χ4n) is 1.52. The highest BCUT2D eigenvalue weighted by molar-refractivity contribution is 6.33. The van der Waals surface area contributed by atoms with Gasteiger partial charge in [0.05, 0.1) is 22.8 Å². The summed E-state index contributed by atoms with van der Waals surface area (Å²) in [4.78, 5) is 0. The summed E-state index contributed by atoms with van der Waals surface area (Å²) in [5, 5.41) is 9.73. The number of anilines is 1. The van der Waals surface area contributed by atoms with Crippen molar-refractivity contribution in [1.29, 1.82) is 0 Å². The molecule has 1 heterocycles. The molecule has 0 saturated heterocycles. The number of halogens is 4. The quantitative estimate of drug-likeness (QED) is 0.937. The third kappa shape index (κ3) is 2.98. The van der Waals surface area contributed by atoms with Gasteiger partial charge < -0.3 is 5.32 Å². The fourth-order valence-corrected chi connectivity index (χ4v) is 1.76. The van der Waals surface area contributed by atoms with Crippen molar-refractivity contribution >= 4 is 17.3 Å². The van der Waals surface area contributed by atoms with Crippen molar-refractivity contribution in [2.24, 2.45) is 0 Å². The van der Waals surface area contributed by atoms with E-state index in [4.69, 9.17) is 11.6 Å². The molecule has 19 heavy (non-hydrogen) atoms. The molecule has 0 radical (unpaired) electrons. The van der Waals surface area contributed by atoms with E-state index >= 15 is 0 Å². The van der Waals surface area contributed by atoms with Crippen molar-refractivity contribution in [3.8, 4) is 0 Å². The van der Waals surface area contributed by atoms with Crippen LogP contribution in [-0.4, -0.2) is 10.3 Å². The van der Waals surface area contributed by atoms with Crippen LogP contribution >= 0.6 is 11.6 Å². The molecule has 0 fully saturated rings. The van der Waals surface area contributed by atoms with E-state index < -0.39 is 11.7 Å². The van der Waals surface area contributed by atoms with Gasteiger partial charge in [-0.3, -0.25) is 0 Å². The van der Waals surface area contributed by atoms with Gasteiger partial charge in [0.25, 0.3) is 0 Å². The number of alkyl halides is 3. The van der Waals surface area contributed by atoms with Crippen molar-refractivity contribution in [1.82, 2.24) is 10.3 Å². The lowest BCUT2D eigenvalue weighted by atomic mass is 10.1. The minimum Gasteiger partial charge on any atom is -0.377 e. The van der Waals surface area contributed by atoms with Gasteiger partial charge in [-0.15, -0.1) is 0 Å². The highest BCUT2D eigenvalue weighted by atomic mass is 35.5. The summed E-state index contributed by atoms with van der Waals surface area (Å²) < 4.78 is 43.0. The molecular formula is C11H9ClF3N3O. The van der Waals surface area contributed by atoms with Crippen LogP contribution in [0.15, 0.2) is 22.8 Å². The number of nitrogens with zero attached hydrogens (tertiary/aromatic N) is 2. The van der Waals surface area contributed by atoms with Gasteiger partial charge in [-0.05, 0) is 19.1 Å². The van der Waals surface area contributed by atoms with Gasteiger partial charge in [0, 0.05) is 0 Å². The molecule has 2 rings (SSSR count). The Morgan fingerprint density at radius 1 is 1.32 bits per heavy atom. The Balaban J connectivity index is 2.27. The van der Waals surface area contributed by atoms with E-state index in [1.165, 1.54) is 12.1 Å². The van der Waals surface area contributed by atoms with Gasteiger partial charge in [0.1, 0.15) is 11.4 Å². The third-order valence-electron chi connectivity index (χ3n) is 2.50. The van der Waals surface area contributed by atoms with Gasteiger partial charge in [-0.1, -0.05) is 28.0 Å². The number of benzene rings is 1. The van der Waals surface area contributed by atoms with E-state index in [1.54, 1.807) is 6.92 Å². The Morgan fingerprint density at radius 3 is 2.63 bits per heavy atom. The number of hydrogen-bond donors (Lipinski definition) is 1. The standard InChI is InChI=1S/C11H9ClF3N3O/c1-6-9(18-19-17-6)5-16-10-7(11(13,14)15)3-2-4-8(10)12/h2-4,16H,5H2,1H3. The predicted octanol–water partition coefficient (Wildman–Crippen LogP) is 3.66.